The number of benzene rings is 20. The van der Waals surface area contributed by atoms with E-state index >= 15 is 0 Å². The molecule has 0 aliphatic heterocycles. The van der Waals surface area contributed by atoms with E-state index in [1.807, 2.05) is 22.7 Å². The van der Waals surface area contributed by atoms with Crippen molar-refractivity contribution in [1.82, 2.24) is 0 Å². The molecule has 132 heavy (non-hydrogen) atoms. The van der Waals surface area contributed by atoms with E-state index in [9.17, 15) is 0 Å². The molecule has 2 heterocycles. The minimum atomic E-state index is -0.190. The van der Waals surface area contributed by atoms with Crippen LogP contribution < -0.4 is 0 Å². The molecule has 30 rings (SSSR count). The molecule has 2 heteroatoms. The molecule has 0 unspecified atom stereocenters. The van der Waals surface area contributed by atoms with Gasteiger partial charge in [0.05, 0.1) is 21.7 Å². The van der Waals surface area contributed by atoms with Crippen LogP contribution in [0.1, 0.15) is 122 Å². The van der Waals surface area contributed by atoms with Crippen molar-refractivity contribution >= 4 is 63.0 Å². The fraction of sp³-hybridized carbons (Fsp3) is 0.0769. The van der Waals surface area contributed by atoms with Crippen LogP contribution in [0.4, 0.5) is 0 Å². The van der Waals surface area contributed by atoms with E-state index in [-0.39, 0.29) is 21.7 Å². The number of fused-ring (bicyclic) bond motifs is 46. The molecule has 0 atom stereocenters. The lowest BCUT2D eigenvalue weighted by Crippen LogP contribution is -2.26. The molecule has 4 spiro atoms. The van der Waals surface area contributed by atoms with Crippen LogP contribution in [-0.2, 0) is 21.7 Å². The maximum Gasteiger partial charge on any atom is 0.0728 e. The summed E-state index contributed by atoms with van der Waals surface area (Å²) in [6.07, 6.45) is 0. The van der Waals surface area contributed by atoms with E-state index in [0.717, 1.165) is 0 Å². The van der Waals surface area contributed by atoms with Gasteiger partial charge < -0.3 is 0 Å². The van der Waals surface area contributed by atoms with Gasteiger partial charge in [0.2, 0.25) is 0 Å². The van der Waals surface area contributed by atoms with Gasteiger partial charge in [-0.25, -0.2) is 0 Å². The SMILES string of the molecule is Cc1ccc2c(c1)-c1ccccc1C21c2ccccc2-c2ccccc21.Cc1ccc2c(c1)C1(c3ccccc3-c3ccccc31)c1ccccc1-2.Cc1ccc2c(c1)sc1ccccc12.Cc1ccc2sc3ccccc3c2c1.Cc1cccc2c1-c1ccccc1C21c2ccccc2-c2ccccc21.Cc1cccc2c1C1(c3ccccc3-c3ccccc31)c1ccccc1-2. The third-order valence-corrected chi connectivity index (χ3v) is 32.1. The zero-order valence-corrected chi connectivity index (χ0v) is 76.2. The first kappa shape index (κ1) is 79.0. The summed E-state index contributed by atoms with van der Waals surface area (Å²) in [6.45, 7) is 13.2. The maximum absolute atomic E-state index is 2.40. The van der Waals surface area contributed by atoms with Crippen LogP contribution in [0.2, 0.25) is 0 Å². The molecule has 0 saturated carbocycles. The van der Waals surface area contributed by atoms with E-state index in [1.165, 1.54) is 252 Å². The summed E-state index contributed by atoms with van der Waals surface area (Å²) in [5, 5.41) is 5.55. The van der Waals surface area contributed by atoms with Gasteiger partial charge in [-0.15, -0.1) is 22.7 Å². The number of aryl methyl sites for hydroxylation is 6. The Balaban J connectivity index is 0.0000000865. The standard InChI is InChI=1S/4C26H18.2C13H10S/c1-17-9-8-13-21-20-12-4-7-16-24(20)26(25(17)21)22-14-5-2-10-18(22)19-11-3-6-15-23(19)26;1-17-9-8-16-24-25(17)20-12-4-7-15-23(20)26(24)21-13-5-2-10-18(21)19-11-3-6-14-22(19)26;1-17-14-15-25-21(16-17)20-10-4-7-13-24(20)26(25)22-11-5-2-8-18(22)19-9-3-6-12-23(19)26;1-17-14-15-21-20-10-4-7-13-24(20)26(25(21)16-17)22-11-5-2-8-18(22)19-9-3-6-12-23(19)26;1-9-6-7-13-11(8-9)10-4-2-3-5-12(10)14-13;1-9-6-7-11-10-4-2-3-5-12(10)14-13(11)8-9/h4*2-16H,1H3;2*2-8H,1H3. The summed E-state index contributed by atoms with van der Waals surface area (Å²) in [4.78, 5) is 0. The second kappa shape index (κ2) is 30.8. The zero-order valence-electron chi connectivity index (χ0n) is 74.5. The molecule has 624 valence electrons. The highest BCUT2D eigenvalue weighted by Gasteiger charge is 2.56. The Morgan fingerprint density at radius 3 is 0.871 bits per heavy atom. The molecule has 20 aromatic carbocycles. The molecule has 0 nitrogen and oxygen atoms in total. The average Bonchev–Trinajstić information content (AvgIpc) is 1.53. The van der Waals surface area contributed by atoms with Crippen LogP contribution in [-0.4, -0.2) is 0 Å². The predicted octanol–water partition coefficient (Wildman–Crippen LogP) is 34.1. The van der Waals surface area contributed by atoms with Gasteiger partial charge in [-0.3, -0.25) is 0 Å². The van der Waals surface area contributed by atoms with E-state index in [2.05, 4.69) is 490 Å². The lowest BCUT2D eigenvalue weighted by Gasteiger charge is -2.31. The van der Waals surface area contributed by atoms with Crippen molar-refractivity contribution in [3.8, 4) is 89.0 Å². The van der Waals surface area contributed by atoms with Crippen molar-refractivity contribution < 1.29 is 0 Å². The van der Waals surface area contributed by atoms with Gasteiger partial charge in [0.25, 0.3) is 0 Å². The van der Waals surface area contributed by atoms with Crippen molar-refractivity contribution in [2.45, 2.75) is 63.2 Å². The van der Waals surface area contributed by atoms with Gasteiger partial charge in [0, 0.05) is 40.3 Å². The summed E-state index contributed by atoms with van der Waals surface area (Å²) in [7, 11) is 0. The predicted molar refractivity (Wildman–Crippen MR) is 558 cm³/mol. The van der Waals surface area contributed by atoms with Crippen LogP contribution in [0.25, 0.3) is 129 Å². The highest BCUT2D eigenvalue weighted by molar-refractivity contribution is 7.26. The monoisotopic (exact) mass is 1720 g/mol. The third-order valence-electron chi connectivity index (χ3n) is 29.8. The van der Waals surface area contributed by atoms with Gasteiger partial charge in [-0.05, 0) is 267 Å². The topological polar surface area (TPSA) is 0 Å². The first-order valence-electron chi connectivity index (χ1n) is 46.3. The quantitative estimate of drug-likeness (QED) is 0.142. The fourth-order valence-electron chi connectivity index (χ4n) is 24.8. The van der Waals surface area contributed by atoms with Crippen molar-refractivity contribution in [2.24, 2.45) is 0 Å². The summed E-state index contributed by atoms with van der Waals surface area (Å²) >= 11 is 3.75. The van der Waals surface area contributed by atoms with Crippen LogP contribution in [0.3, 0.4) is 0 Å². The average molecular weight is 1720 g/mol. The Labute approximate surface area is 780 Å². The summed E-state index contributed by atoms with van der Waals surface area (Å²) in [5.74, 6) is 0. The lowest BCUT2D eigenvalue weighted by atomic mass is 9.69. The lowest BCUT2D eigenvalue weighted by molar-refractivity contribution is 0.786. The summed E-state index contributed by atoms with van der Waals surface area (Å²) in [6, 6.07) is 165. The van der Waals surface area contributed by atoms with Crippen LogP contribution in [0.5, 0.6) is 0 Å². The van der Waals surface area contributed by atoms with Crippen molar-refractivity contribution in [3.63, 3.8) is 0 Å². The Hall–Kier alpha value is -15.2. The van der Waals surface area contributed by atoms with Gasteiger partial charge in [0.1, 0.15) is 0 Å². The number of rotatable bonds is 0. The van der Waals surface area contributed by atoms with Gasteiger partial charge in [0.15, 0.2) is 0 Å². The Morgan fingerprint density at radius 1 is 0.144 bits per heavy atom. The normalized spacial score (nSPS) is 13.9. The minimum absolute atomic E-state index is 0.188. The summed E-state index contributed by atoms with van der Waals surface area (Å²) in [5.41, 5.74) is 52.0. The second-order valence-corrected chi connectivity index (χ2v) is 39.0. The maximum atomic E-state index is 2.40. The molecular formula is C130H92S2. The first-order chi connectivity index (χ1) is 65.0. The minimum Gasteiger partial charge on any atom is -0.135 e. The molecule has 0 radical (unpaired) electrons. The first-order valence-corrected chi connectivity index (χ1v) is 48.0. The van der Waals surface area contributed by atoms with E-state index in [4.69, 9.17) is 0 Å². The Bertz CT molecular complexity index is 8190. The molecule has 0 saturated heterocycles. The zero-order chi connectivity index (χ0) is 88.3. The molecule has 0 N–H and O–H groups in total. The van der Waals surface area contributed by atoms with Gasteiger partial charge in [-0.2, -0.15) is 0 Å². The van der Waals surface area contributed by atoms with Crippen molar-refractivity contribution in [2.75, 3.05) is 0 Å². The highest BCUT2D eigenvalue weighted by atomic mass is 32.1. The largest absolute Gasteiger partial charge is 0.135 e. The number of hydrogen-bond donors (Lipinski definition) is 0. The number of thiophene rings is 2. The molecule has 2 aromatic heterocycles. The Morgan fingerprint density at radius 2 is 0.409 bits per heavy atom. The fourth-order valence-corrected chi connectivity index (χ4v) is 27.1. The second-order valence-electron chi connectivity index (χ2n) is 36.8. The molecule has 8 aliphatic carbocycles. The van der Waals surface area contributed by atoms with Crippen LogP contribution in [0.15, 0.2) is 449 Å². The molecule has 22 aromatic rings. The molecule has 0 fully saturated rings. The van der Waals surface area contributed by atoms with E-state index < -0.39 is 0 Å². The van der Waals surface area contributed by atoms with Crippen LogP contribution in [0, 0.1) is 41.5 Å². The summed E-state index contributed by atoms with van der Waals surface area (Å²) < 4.78 is 5.55. The molecule has 8 aliphatic rings. The molecule has 0 bridgehead atoms. The molecule has 0 amide bonds. The van der Waals surface area contributed by atoms with Crippen molar-refractivity contribution in [3.05, 3.63) is 571 Å². The van der Waals surface area contributed by atoms with E-state index in [1.54, 1.807) is 0 Å². The van der Waals surface area contributed by atoms with Gasteiger partial charge >= 0.3 is 0 Å². The third kappa shape index (κ3) is 11.3. The molecular weight excluding hydrogens is 1630 g/mol. The Kier molecular flexibility index (Phi) is 18.4. The number of hydrogen-bond acceptors (Lipinski definition) is 2. The smallest absolute Gasteiger partial charge is 0.0728 e. The van der Waals surface area contributed by atoms with Gasteiger partial charge in [-0.1, -0.05) is 435 Å². The van der Waals surface area contributed by atoms with Crippen LogP contribution >= 0.6 is 22.7 Å². The van der Waals surface area contributed by atoms with E-state index in [0.29, 0.717) is 0 Å². The van der Waals surface area contributed by atoms with Crippen molar-refractivity contribution in [1.29, 1.82) is 0 Å². The highest BCUT2D eigenvalue weighted by Crippen LogP contribution is 2.68.